The topological polar surface area (TPSA) is 83.5 Å². The van der Waals surface area contributed by atoms with Gasteiger partial charge in [0.05, 0.1) is 42.4 Å². The van der Waals surface area contributed by atoms with Crippen molar-refractivity contribution in [2.45, 2.75) is 26.7 Å². The highest BCUT2D eigenvalue weighted by Gasteiger charge is 2.26. The lowest BCUT2D eigenvalue weighted by molar-refractivity contribution is -0.120. The molecule has 0 aliphatic carbocycles. The van der Waals surface area contributed by atoms with E-state index < -0.39 is 0 Å². The molecule has 172 valence electrons. The average molecular weight is 447 g/mol. The van der Waals surface area contributed by atoms with Crippen LogP contribution in [0.1, 0.15) is 24.2 Å². The Balaban J connectivity index is 1.24. The third kappa shape index (κ3) is 4.75. The molecule has 0 bridgehead atoms. The van der Waals surface area contributed by atoms with Gasteiger partial charge in [-0.3, -0.25) is 4.79 Å². The van der Waals surface area contributed by atoms with Gasteiger partial charge in [0.2, 0.25) is 5.91 Å². The number of benzene rings is 1. The number of fused-ring (bicyclic) bond motifs is 1. The zero-order valence-corrected chi connectivity index (χ0v) is 19.3. The first-order chi connectivity index (χ1) is 16.1. The van der Waals surface area contributed by atoms with Crippen molar-refractivity contribution >= 4 is 34.1 Å². The Morgan fingerprint density at radius 1 is 1.00 bits per heavy atom. The minimum Gasteiger partial charge on any atom is -0.378 e. The molecular formula is C25H30N6O2. The van der Waals surface area contributed by atoms with E-state index in [1.54, 1.807) is 0 Å². The van der Waals surface area contributed by atoms with Crippen molar-refractivity contribution in [3.8, 4) is 0 Å². The Kier molecular flexibility index (Phi) is 6.09. The van der Waals surface area contributed by atoms with E-state index >= 15 is 0 Å². The molecule has 0 spiro atoms. The smallest absolute Gasteiger partial charge is 0.229 e. The molecule has 5 rings (SSSR count). The fourth-order valence-corrected chi connectivity index (χ4v) is 4.53. The Morgan fingerprint density at radius 3 is 2.55 bits per heavy atom. The number of pyridine rings is 1. The average Bonchev–Trinajstić information content (AvgIpc) is 2.85. The molecule has 1 aromatic carbocycles. The van der Waals surface area contributed by atoms with Crippen LogP contribution in [-0.2, 0) is 9.53 Å². The van der Waals surface area contributed by atoms with E-state index in [-0.39, 0.29) is 11.8 Å². The number of carbonyl (C=O) groups is 1. The lowest BCUT2D eigenvalue weighted by atomic mass is 9.96. The molecule has 1 atom stereocenters. The summed E-state index contributed by atoms with van der Waals surface area (Å²) in [6.07, 6.45) is 3.69. The predicted molar refractivity (Wildman–Crippen MR) is 130 cm³/mol. The largest absolute Gasteiger partial charge is 0.378 e. The fraction of sp³-hybridized carbons (Fsp3) is 0.440. The minimum absolute atomic E-state index is 0.0684. The SMILES string of the molecule is Cc1nc2cc(N3CCCC(C(=O)Nc4ccc(N5CCOCC5)cc4)C3)cnc2nc1C. The Hall–Kier alpha value is -3.26. The van der Waals surface area contributed by atoms with Gasteiger partial charge in [0, 0.05) is 37.6 Å². The predicted octanol–water partition coefficient (Wildman–Crippen LogP) is 3.33. The van der Waals surface area contributed by atoms with Crippen LogP contribution < -0.4 is 15.1 Å². The first-order valence-corrected chi connectivity index (χ1v) is 11.7. The highest BCUT2D eigenvalue weighted by atomic mass is 16.5. The Labute approximate surface area is 194 Å². The van der Waals surface area contributed by atoms with Gasteiger partial charge < -0.3 is 19.9 Å². The number of nitrogens with one attached hydrogen (secondary N) is 1. The van der Waals surface area contributed by atoms with E-state index in [9.17, 15) is 4.79 Å². The van der Waals surface area contributed by atoms with Gasteiger partial charge >= 0.3 is 0 Å². The summed E-state index contributed by atoms with van der Waals surface area (Å²) in [5.41, 5.74) is 6.26. The number of rotatable bonds is 4. The summed E-state index contributed by atoms with van der Waals surface area (Å²) in [7, 11) is 0. The number of anilines is 3. The summed E-state index contributed by atoms with van der Waals surface area (Å²) in [6, 6.07) is 10.1. The van der Waals surface area contributed by atoms with Crippen LogP contribution in [-0.4, -0.2) is 60.3 Å². The number of ether oxygens (including phenoxy) is 1. The number of morpholine rings is 1. The Morgan fingerprint density at radius 2 is 1.76 bits per heavy atom. The zero-order chi connectivity index (χ0) is 22.8. The second kappa shape index (κ2) is 9.31. The molecule has 0 radical (unpaired) electrons. The molecule has 4 heterocycles. The lowest BCUT2D eigenvalue weighted by Crippen LogP contribution is -2.40. The van der Waals surface area contributed by atoms with Gasteiger partial charge in [0.1, 0.15) is 5.52 Å². The van der Waals surface area contributed by atoms with Crippen LogP contribution in [0.4, 0.5) is 17.1 Å². The summed E-state index contributed by atoms with van der Waals surface area (Å²) in [5.74, 6) is -0.00182. The summed E-state index contributed by atoms with van der Waals surface area (Å²) in [6.45, 7) is 8.80. The maximum absolute atomic E-state index is 13.0. The number of hydrogen-bond donors (Lipinski definition) is 1. The van der Waals surface area contributed by atoms with E-state index in [1.807, 2.05) is 38.2 Å². The quantitative estimate of drug-likeness (QED) is 0.658. The van der Waals surface area contributed by atoms with Gasteiger partial charge in [-0.2, -0.15) is 0 Å². The molecule has 2 aliphatic rings. The Bertz CT molecular complexity index is 1140. The first-order valence-electron chi connectivity index (χ1n) is 11.7. The van der Waals surface area contributed by atoms with Gasteiger partial charge in [-0.25, -0.2) is 15.0 Å². The van der Waals surface area contributed by atoms with Gasteiger partial charge in [0.15, 0.2) is 5.65 Å². The second-order valence-corrected chi connectivity index (χ2v) is 8.85. The highest BCUT2D eigenvalue weighted by molar-refractivity contribution is 5.93. The minimum atomic E-state index is -0.0702. The van der Waals surface area contributed by atoms with Crippen LogP contribution in [0.3, 0.4) is 0 Å². The van der Waals surface area contributed by atoms with E-state index in [4.69, 9.17) is 4.74 Å². The molecule has 2 aromatic heterocycles. The van der Waals surface area contributed by atoms with Crippen LogP contribution in [0.25, 0.3) is 11.2 Å². The number of aromatic nitrogens is 3. The van der Waals surface area contributed by atoms with Crippen molar-refractivity contribution in [1.82, 2.24) is 15.0 Å². The number of amides is 1. The van der Waals surface area contributed by atoms with Crippen LogP contribution in [0.5, 0.6) is 0 Å². The van der Waals surface area contributed by atoms with Gasteiger partial charge in [-0.1, -0.05) is 0 Å². The molecule has 2 saturated heterocycles. The van der Waals surface area contributed by atoms with E-state index in [0.717, 1.165) is 79.7 Å². The standard InChI is InChI=1S/C25H30N6O2/c1-17-18(2)28-24-23(27-17)14-22(15-26-24)31-9-3-4-19(16-31)25(32)29-20-5-7-21(8-6-20)30-10-12-33-13-11-30/h5-8,14-15,19H,3-4,9-13,16H2,1-2H3,(H,29,32). The maximum atomic E-state index is 13.0. The van der Waals surface area contributed by atoms with Crippen LogP contribution in [0.2, 0.25) is 0 Å². The molecule has 2 fully saturated rings. The molecule has 33 heavy (non-hydrogen) atoms. The van der Waals surface area contributed by atoms with E-state index in [2.05, 4.69) is 42.2 Å². The number of hydrogen-bond acceptors (Lipinski definition) is 7. The molecule has 2 aliphatic heterocycles. The van der Waals surface area contributed by atoms with E-state index in [0.29, 0.717) is 12.2 Å². The van der Waals surface area contributed by atoms with Gasteiger partial charge in [0.25, 0.3) is 0 Å². The number of nitrogens with zero attached hydrogens (tertiary/aromatic N) is 5. The molecule has 1 N–H and O–H groups in total. The monoisotopic (exact) mass is 446 g/mol. The van der Waals surface area contributed by atoms with Crippen LogP contribution in [0.15, 0.2) is 36.5 Å². The molecule has 0 saturated carbocycles. The van der Waals surface area contributed by atoms with Crippen molar-refractivity contribution in [1.29, 1.82) is 0 Å². The molecule has 8 heteroatoms. The number of piperidine rings is 1. The molecule has 8 nitrogen and oxygen atoms in total. The maximum Gasteiger partial charge on any atom is 0.229 e. The third-order valence-corrected chi connectivity index (χ3v) is 6.59. The van der Waals surface area contributed by atoms with E-state index in [1.165, 1.54) is 0 Å². The van der Waals surface area contributed by atoms with Crippen molar-refractivity contribution in [2.75, 3.05) is 54.5 Å². The summed E-state index contributed by atoms with van der Waals surface area (Å²) >= 11 is 0. The highest BCUT2D eigenvalue weighted by Crippen LogP contribution is 2.26. The van der Waals surface area contributed by atoms with Crippen molar-refractivity contribution in [3.05, 3.63) is 47.9 Å². The number of aryl methyl sites for hydroxylation is 2. The van der Waals surface area contributed by atoms with Crippen LogP contribution >= 0.6 is 0 Å². The summed E-state index contributed by atoms with van der Waals surface area (Å²) < 4.78 is 5.42. The molecule has 3 aromatic rings. The summed E-state index contributed by atoms with van der Waals surface area (Å²) in [4.78, 5) is 31.2. The normalized spacial score (nSPS) is 19.0. The second-order valence-electron chi connectivity index (χ2n) is 8.85. The fourth-order valence-electron chi connectivity index (χ4n) is 4.53. The van der Waals surface area contributed by atoms with Crippen molar-refractivity contribution in [3.63, 3.8) is 0 Å². The number of carbonyl (C=O) groups excluding carboxylic acids is 1. The van der Waals surface area contributed by atoms with Gasteiger partial charge in [-0.05, 0) is 57.0 Å². The first kappa shape index (κ1) is 21.6. The lowest BCUT2D eigenvalue weighted by Gasteiger charge is -2.33. The molecule has 1 unspecified atom stereocenters. The summed E-state index contributed by atoms with van der Waals surface area (Å²) in [5, 5.41) is 3.11. The molecular weight excluding hydrogens is 416 g/mol. The zero-order valence-electron chi connectivity index (χ0n) is 19.3. The van der Waals surface area contributed by atoms with Gasteiger partial charge in [-0.15, -0.1) is 0 Å². The van der Waals surface area contributed by atoms with Crippen LogP contribution in [0, 0.1) is 19.8 Å². The van der Waals surface area contributed by atoms with Crippen molar-refractivity contribution in [2.24, 2.45) is 5.92 Å². The molecule has 1 amide bonds. The van der Waals surface area contributed by atoms with Crippen molar-refractivity contribution < 1.29 is 9.53 Å². The third-order valence-electron chi connectivity index (χ3n) is 6.59.